The Kier molecular flexibility index (Phi) is 6.51. The molecule has 0 atom stereocenters. The molecule has 0 unspecified atom stereocenters. The largest absolute Gasteiger partial charge is 0.412 e. The van der Waals surface area contributed by atoms with Gasteiger partial charge in [0.2, 0.25) is 0 Å². The fourth-order valence-electron chi connectivity index (χ4n) is 2.55. The molecular weight excluding hydrogens is 343 g/mol. The molecule has 0 radical (unpaired) electrons. The van der Waals surface area contributed by atoms with Gasteiger partial charge in [0.1, 0.15) is 0 Å². The summed E-state index contributed by atoms with van der Waals surface area (Å²) in [4.78, 5) is 0. The highest BCUT2D eigenvalue weighted by Gasteiger charge is 2.33. The zero-order valence-corrected chi connectivity index (χ0v) is 14.6. The van der Waals surface area contributed by atoms with Gasteiger partial charge in [0.25, 0.3) is 0 Å². The van der Waals surface area contributed by atoms with Gasteiger partial charge in [-0.3, -0.25) is 4.72 Å². The van der Waals surface area contributed by atoms with E-state index in [1.165, 1.54) is 6.08 Å². The Balaban J connectivity index is 2.38. The van der Waals surface area contributed by atoms with E-state index in [2.05, 4.69) is 30.7 Å². The van der Waals surface area contributed by atoms with Crippen LogP contribution in [0.3, 0.4) is 0 Å². The second-order valence-corrected chi connectivity index (χ2v) is 6.09. The van der Waals surface area contributed by atoms with Crippen LogP contribution in [0.1, 0.15) is 18.4 Å². The molecule has 0 amide bonds. The van der Waals surface area contributed by atoms with E-state index in [1.54, 1.807) is 0 Å². The molecule has 0 saturated carbocycles. The molecule has 0 fully saturated rings. The zero-order chi connectivity index (χ0) is 18.4. The molecule has 25 heavy (non-hydrogen) atoms. The molecule has 132 valence electrons. The number of alkyl halides is 3. The first-order valence-corrected chi connectivity index (χ1v) is 8.26. The van der Waals surface area contributed by atoms with Crippen LogP contribution in [0, 0.1) is 0 Å². The molecule has 0 bridgehead atoms. The highest BCUT2D eigenvalue weighted by molar-refractivity contribution is 7.78. The minimum Gasteiger partial charge on any atom is -0.262 e. The van der Waals surface area contributed by atoms with E-state index in [4.69, 9.17) is 0 Å². The third-order valence-corrected chi connectivity index (χ3v) is 4.16. The SMILES string of the molecule is C=C(CNS)C(=C)/C(=C\C1=CC=C(C(F)(F)F)CC1)c1ccccc1. The van der Waals surface area contributed by atoms with Crippen LogP contribution >= 0.6 is 12.8 Å². The maximum Gasteiger partial charge on any atom is 0.412 e. The molecule has 0 spiro atoms. The smallest absolute Gasteiger partial charge is 0.262 e. The van der Waals surface area contributed by atoms with Gasteiger partial charge in [-0.05, 0) is 40.7 Å². The molecule has 1 aromatic carbocycles. The normalized spacial score (nSPS) is 15.4. The van der Waals surface area contributed by atoms with E-state index in [0.717, 1.165) is 33.9 Å². The molecule has 0 aromatic heterocycles. The number of rotatable bonds is 6. The topological polar surface area (TPSA) is 12.0 Å². The number of hydrogen-bond donors (Lipinski definition) is 2. The van der Waals surface area contributed by atoms with Crippen molar-refractivity contribution in [1.29, 1.82) is 0 Å². The maximum atomic E-state index is 12.8. The van der Waals surface area contributed by atoms with E-state index in [9.17, 15) is 13.2 Å². The first-order chi connectivity index (χ1) is 11.8. The van der Waals surface area contributed by atoms with Crippen LogP contribution in [-0.4, -0.2) is 12.7 Å². The van der Waals surface area contributed by atoms with Crippen molar-refractivity contribution in [2.24, 2.45) is 0 Å². The third-order valence-electron chi connectivity index (χ3n) is 4.00. The van der Waals surface area contributed by atoms with Crippen molar-refractivity contribution in [3.8, 4) is 0 Å². The summed E-state index contributed by atoms with van der Waals surface area (Å²) in [7, 11) is 0. The number of thiol groups is 1. The van der Waals surface area contributed by atoms with Crippen LogP contribution in [0.2, 0.25) is 0 Å². The minimum absolute atomic E-state index is 0.0144. The molecule has 1 nitrogen and oxygen atoms in total. The molecule has 5 heteroatoms. The van der Waals surface area contributed by atoms with Gasteiger partial charge in [-0.2, -0.15) is 13.2 Å². The zero-order valence-electron chi connectivity index (χ0n) is 13.7. The monoisotopic (exact) mass is 363 g/mol. The predicted octanol–water partition coefficient (Wildman–Crippen LogP) is 5.83. The van der Waals surface area contributed by atoms with Crippen molar-refractivity contribution in [2.45, 2.75) is 19.0 Å². The Morgan fingerprint density at radius 3 is 2.32 bits per heavy atom. The molecule has 1 aliphatic carbocycles. The van der Waals surface area contributed by atoms with Gasteiger partial charge in [0.05, 0.1) is 0 Å². The lowest BCUT2D eigenvalue weighted by molar-refractivity contribution is -0.0940. The Bertz CT molecular complexity index is 740. The van der Waals surface area contributed by atoms with Gasteiger partial charge < -0.3 is 0 Å². The Hall–Kier alpha value is -1.98. The van der Waals surface area contributed by atoms with Gasteiger partial charge in [-0.1, -0.05) is 74.5 Å². The van der Waals surface area contributed by atoms with Gasteiger partial charge >= 0.3 is 6.18 Å². The van der Waals surface area contributed by atoms with E-state index in [0.29, 0.717) is 13.0 Å². The molecule has 1 aromatic rings. The summed E-state index contributed by atoms with van der Waals surface area (Å²) in [5.41, 5.74) is 3.64. The number of nitrogens with one attached hydrogen (secondary N) is 1. The fourth-order valence-corrected chi connectivity index (χ4v) is 2.74. The Labute approximate surface area is 151 Å². The van der Waals surface area contributed by atoms with Crippen molar-refractivity contribution >= 4 is 18.4 Å². The highest BCUT2D eigenvalue weighted by Crippen LogP contribution is 2.35. The van der Waals surface area contributed by atoms with Gasteiger partial charge in [0.15, 0.2) is 0 Å². The number of allylic oxidation sites excluding steroid dienone is 6. The summed E-state index contributed by atoms with van der Waals surface area (Å²) in [6.45, 7) is 8.56. The average molecular weight is 363 g/mol. The van der Waals surface area contributed by atoms with Crippen molar-refractivity contribution in [1.82, 2.24) is 4.72 Å². The van der Waals surface area contributed by atoms with Crippen molar-refractivity contribution in [2.75, 3.05) is 6.54 Å². The van der Waals surface area contributed by atoms with Crippen LogP contribution < -0.4 is 4.72 Å². The lowest BCUT2D eigenvalue weighted by atomic mass is 9.89. The van der Waals surface area contributed by atoms with E-state index < -0.39 is 11.7 Å². The molecule has 2 rings (SSSR count). The molecule has 1 N–H and O–H groups in total. The first kappa shape index (κ1) is 19.3. The first-order valence-electron chi connectivity index (χ1n) is 7.81. The van der Waals surface area contributed by atoms with Crippen LogP contribution in [0.25, 0.3) is 5.57 Å². The third kappa shape index (κ3) is 5.25. The molecule has 0 saturated heterocycles. The minimum atomic E-state index is -4.26. The summed E-state index contributed by atoms with van der Waals surface area (Å²) in [6.07, 6.45) is 0.647. The second kappa shape index (κ2) is 8.41. The van der Waals surface area contributed by atoms with Crippen molar-refractivity contribution in [3.63, 3.8) is 0 Å². The van der Waals surface area contributed by atoms with Crippen LogP contribution in [0.15, 0.2) is 84.0 Å². The predicted molar refractivity (Wildman–Crippen MR) is 101 cm³/mol. The number of hydrogen-bond acceptors (Lipinski definition) is 2. The summed E-state index contributed by atoms with van der Waals surface area (Å²) in [5.74, 6) is 0. The second-order valence-electron chi connectivity index (χ2n) is 5.77. The van der Waals surface area contributed by atoms with Crippen molar-refractivity contribution in [3.05, 3.63) is 89.6 Å². The van der Waals surface area contributed by atoms with E-state index in [1.807, 2.05) is 36.4 Å². The van der Waals surface area contributed by atoms with Gasteiger partial charge in [-0.25, -0.2) is 0 Å². The van der Waals surface area contributed by atoms with Crippen LogP contribution in [0.5, 0.6) is 0 Å². The fraction of sp³-hybridized carbons (Fsp3) is 0.200. The maximum absolute atomic E-state index is 12.8. The molecule has 1 aliphatic rings. The van der Waals surface area contributed by atoms with E-state index >= 15 is 0 Å². The number of halogens is 3. The summed E-state index contributed by atoms with van der Waals surface area (Å²) < 4.78 is 41.0. The van der Waals surface area contributed by atoms with Gasteiger partial charge in [0, 0.05) is 12.1 Å². The van der Waals surface area contributed by atoms with Gasteiger partial charge in [-0.15, -0.1) is 0 Å². The van der Waals surface area contributed by atoms with Crippen LogP contribution in [-0.2, 0) is 0 Å². The molecule has 0 heterocycles. The standard InChI is InChI=1S/C20H20F3NS/c1-14(13-24-25)15(2)19(17-6-4-3-5-7-17)12-16-8-10-18(11-9-16)20(21,22)23/h3-8,10,12,24-25H,1-2,9,11,13H2/b19-12+. The number of benzene rings is 1. The lowest BCUT2D eigenvalue weighted by Crippen LogP contribution is -2.13. The average Bonchev–Trinajstić information content (AvgIpc) is 2.59. The Morgan fingerprint density at radius 2 is 1.80 bits per heavy atom. The summed E-state index contributed by atoms with van der Waals surface area (Å²) in [6, 6.07) is 9.61. The lowest BCUT2D eigenvalue weighted by Gasteiger charge is -2.18. The molecular formula is C20H20F3NS. The summed E-state index contributed by atoms with van der Waals surface area (Å²) in [5, 5.41) is 0. The quantitative estimate of drug-likeness (QED) is 0.479. The van der Waals surface area contributed by atoms with E-state index in [-0.39, 0.29) is 6.42 Å². The summed E-state index contributed by atoms with van der Waals surface area (Å²) >= 11 is 3.98. The highest BCUT2D eigenvalue weighted by atomic mass is 32.1. The Morgan fingerprint density at radius 1 is 1.12 bits per heavy atom. The van der Waals surface area contributed by atoms with Crippen LogP contribution in [0.4, 0.5) is 13.2 Å². The van der Waals surface area contributed by atoms with Crippen molar-refractivity contribution < 1.29 is 13.2 Å². The molecule has 0 aliphatic heterocycles.